The fourth-order valence-electron chi connectivity index (χ4n) is 4.87. The first-order valence-electron chi connectivity index (χ1n) is 12.9. The Bertz CT molecular complexity index is 1540. The van der Waals surface area contributed by atoms with Crippen LogP contribution in [0.2, 0.25) is 0 Å². The molecule has 2 aromatic heterocycles. The summed E-state index contributed by atoms with van der Waals surface area (Å²) in [5, 5.41) is 0. The third-order valence-corrected chi connectivity index (χ3v) is 7.27. The van der Waals surface area contributed by atoms with Gasteiger partial charge < -0.3 is 0 Å². The largest absolute Gasteiger partial charge is 0.292 e. The molecule has 0 atom stereocenters. The summed E-state index contributed by atoms with van der Waals surface area (Å²) in [6.07, 6.45) is 13.2. The fourth-order valence-corrected chi connectivity index (χ4v) is 4.87. The minimum atomic E-state index is -0.185. The Morgan fingerprint density at radius 2 is 1.42 bits per heavy atom. The molecule has 4 aromatic rings. The monoisotopic (exact) mass is 497 g/mol. The summed E-state index contributed by atoms with van der Waals surface area (Å²) in [7, 11) is 3.97. The quantitative estimate of drug-likeness (QED) is 0.200. The van der Waals surface area contributed by atoms with Crippen LogP contribution in [0.3, 0.4) is 0 Å². The predicted octanol–water partition coefficient (Wildman–Crippen LogP) is 7.19. The van der Waals surface area contributed by atoms with Crippen molar-refractivity contribution in [3.05, 3.63) is 126 Å². The molecule has 0 saturated heterocycles. The Kier molecular flexibility index (Phi) is 7.23. The maximum absolute atomic E-state index is 4.66. The second-order valence-corrected chi connectivity index (χ2v) is 10.1. The van der Waals surface area contributed by atoms with Crippen molar-refractivity contribution in [1.29, 1.82) is 0 Å². The Hall–Kier alpha value is -4.44. The molecule has 1 aliphatic rings. The van der Waals surface area contributed by atoms with Crippen molar-refractivity contribution in [1.82, 2.24) is 9.97 Å². The van der Waals surface area contributed by atoms with Crippen LogP contribution in [0.5, 0.6) is 0 Å². The molecule has 0 spiro atoms. The van der Waals surface area contributed by atoms with E-state index in [-0.39, 0.29) is 5.41 Å². The molecule has 188 valence electrons. The second-order valence-electron chi connectivity index (χ2n) is 10.1. The van der Waals surface area contributed by atoms with Gasteiger partial charge in [0.25, 0.3) is 0 Å². The van der Waals surface area contributed by atoms with E-state index in [0.717, 1.165) is 34.6 Å². The summed E-state index contributed by atoms with van der Waals surface area (Å²) >= 11 is 0. The fraction of sp³-hybridized carbons (Fsp3) is 0.176. The average molecular weight is 498 g/mol. The smallest absolute Gasteiger partial charge is 0.208 e. The maximum Gasteiger partial charge on any atom is 0.208 e. The lowest BCUT2D eigenvalue weighted by Gasteiger charge is -2.25. The van der Waals surface area contributed by atoms with Gasteiger partial charge in [-0.2, -0.15) is 4.58 Å². The van der Waals surface area contributed by atoms with E-state index in [1.165, 1.54) is 22.5 Å². The number of aromatic nitrogens is 2. The van der Waals surface area contributed by atoms with Crippen LogP contribution in [0.4, 0.5) is 5.69 Å². The van der Waals surface area contributed by atoms with E-state index in [0.29, 0.717) is 0 Å². The molecule has 0 aliphatic carbocycles. The molecular weight excluding hydrogens is 464 g/mol. The van der Waals surface area contributed by atoms with E-state index in [4.69, 9.17) is 0 Å². The van der Waals surface area contributed by atoms with E-state index >= 15 is 0 Å². The van der Waals surface area contributed by atoms with Crippen molar-refractivity contribution in [2.24, 2.45) is 4.99 Å². The number of pyridine rings is 2. The average Bonchev–Trinajstić information content (AvgIpc) is 3.28. The third kappa shape index (κ3) is 5.30. The summed E-state index contributed by atoms with van der Waals surface area (Å²) in [5.74, 6) is 0. The Balaban J connectivity index is 1.25. The zero-order chi connectivity index (χ0) is 26.5. The summed E-state index contributed by atoms with van der Waals surface area (Å²) in [5.41, 5.74) is 9.80. The van der Waals surface area contributed by atoms with Gasteiger partial charge in [-0.3, -0.25) is 15.0 Å². The zero-order valence-electron chi connectivity index (χ0n) is 22.5. The van der Waals surface area contributed by atoms with Crippen LogP contribution >= 0.6 is 0 Å². The first kappa shape index (κ1) is 25.2. The number of nitrogens with zero attached hydrogens (tertiary/aromatic N) is 4. The topological polar surface area (TPSA) is 41.1 Å². The third-order valence-electron chi connectivity index (χ3n) is 7.27. The van der Waals surface area contributed by atoms with Gasteiger partial charge in [0.05, 0.1) is 17.8 Å². The number of fused-ring (bicyclic) bond motifs is 1. The molecular formula is C34H33N4+. The molecule has 2 aromatic carbocycles. The lowest BCUT2D eigenvalue weighted by Crippen LogP contribution is -2.27. The highest BCUT2D eigenvalue weighted by molar-refractivity contribution is 6.05. The van der Waals surface area contributed by atoms with Crippen molar-refractivity contribution in [3.63, 3.8) is 0 Å². The lowest BCUT2D eigenvalue weighted by molar-refractivity contribution is -0.400. The van der Waals surface area contributed by atoms with Gasteiger partial charge in [0.15, 0.2) is 5.71 Å². The van der Waals surface area contributed by atoms with E-state index < -0.39 is 0 Å². The first-order chi connectivity index (χ1) is 18.5. The van der Waals surface area contributed by atoms with Crippen LogP contribution < -0.4 is 0 Å². The van der Waals surface area contributed by atoms with Crippen LogP contribution in [0.15, 0.2) is 108 Å². The minimum Gasteiger partial charge on any atom is -0.292 e. The number of hydrogen-bond donors (Lipinski definition) is 0. The van der Waals surface area contributed by atoms with Crippen molar-refractivity contribution in [2.45, 2.75) is 25.7 Å². The van der Waals surface area contributed by atoms with Gasteiger partial charge in [-0.1, -0.05) is 80.6 Å². The molecule has 1 aliphatic heterocycles. The standard InChI is InChI=1S/C34H33N4/c1-34(2,28-11-6-5-7-12-28)33(35-3)21-17-26-16-20-31(37-24-26)30-19-15-25(23-36-30)14-18-29-22-27-10-8-9-13-32(27)38(29)4/h5-21,23-24H,22H2,1-4H3/q+1/b21-17+,35-33?. The van der Waals surface area contributed by atoms with Crippen LogP contribution in [0.1, 0.15) is 36.1 Å². The molecule has 0 N–H and O–H groups in total. The highest BCUT2D eigenvalue weighted by Gasteiger charge is 2.25. The highest BCUT2D eigenvalue weighted by atomic mass is 15.0. The van der Waals surface area contributed by atoms with Gasteiger partial charge in [0.1, 0.15) is 7.05 Å². The van der Waals surface area contributed by atoms with Crippen molar-refractivity contribution >= 4 is 29.3 Å². The number of rotatable bonds is 7. The van der Waals surface area contributed by atoms with Gasteiger partial charge in [0.2, 0.25) is 5.69 Å². The molecule has 4 nitrogen and oxygen atoms in total. The number of hydrogen-bond acceptors (Lipinski definition) is 3. The van der Waals surface area contributed by atoms with Crippen LogP contribution in [-0.4, -0.2) is 40.1 Å². The molecule has 0 unspecified atom stereocenters. The van der Waals surface area contributed by atoms with Crippen LogP contribution in [0, 0.1) is 0 Å². The molecule has 38 heavy (non-hydrogen) atoms. The Morgan fingerprint density at radius 1 is 0.789 bits per heavy atom. The Morgan fingerprint density at radius 3 is 2.03 bits per heavy atom. The lowest BCUT2D eigenvalue weighted by atomic mass is 9.79. The maximum atomic E-state index is 4.66. The number of benzene rings is 2. The first-order valence-corrected chi connectivity index (χ1v) is 12.9. The van der Waals surface area contributed by atoms with Crippen LogP contribution in [0.25, 0.3) is 23.5 Å². The van der Waals surface area contributed by atoms with Gasteiger partial charge in [-0.25, -0.2) is 0 Å². The van der Waals surface area contributed by atoms with Crippen LogP contribution in [-0.2, 0) is 11.8 Å². The highest BCUT2D eigenvalue weighted by Crippen LogP contribution is 2.27. The van der Waals surface area contributed by atoms with Crippen molar-refractivity contribution in [3.8, 4) is 11.4 Å². The number of allylic oxidation sites excluding steroid dienone is 2. The number of aliphatic imine (C=N–C) groups is 1. The zero-order valence-corrected chi connectivity index (χ0v) is 22.5. The summed E-state index contributed by atoms with van der Waals surface area (Å²) < 4.78 is 2.26. The molecule has 0 amide bonds. The second kappa shape index (κ2) is 10.9. The molecule has 5 rings (SSSR count). The SMILES string of the molecule is CN=C(/C=C/c1ccc(-c2ccc(/C=C/C3=[N+](C)c4ccccc4C3)cn2)nc1)C(C)(C)c1ccccc1. The minimum absolute atomic E-state index is 0.185. The number of para-hydroxylation sites is 1. The van der Waals surface area contributed by atoms with E-state index in [9.17, 15) is 0 Å². The summed E-state index contributed by atoms with van der Waals surface area (Å²) in [6.45, 7) is 4.40. The molecule has 4 heteroatoms. The van der Waals surface area contributed by atoms with E-state index in [2.05, 4.69) is 125 Å². The normalized spacial score (nSPS) is 14.1. The molecule has 3 heterocycles. The molecule has 0 saturated carbocycles. The molecule has 0 bridgehead atoms. The van der Waals surface area contributed by atoms with Crippen molar-refractivity contribution in [2.75, 3.05) is 14.1 Å². The van der Waals surface area contributed by atoms with Gasteiger partial charge in [0, 0.05) is 48.3 Å². The molecule has 0 radical (unpaired) electrons. The van der Waals surface area contributed by atoms with Gasteiger partial charge in [-0.15, -0.1) is 0 Å². The Labute approximate surface area is 225 Å². The summed E-state index contributed by atoms with van der Waals surface area (Å²) in [4.78, 5) is 13.9. The summed E-state index contributed by atoms with van der Waals surface area (Å²) in [6, 6.07) is 27.2. The predicted molar refractivity (Wildman–Crippen MR) is 159 cm³/mol. The van der Waals surface area contributed by atoms with Gasteiger partial charge >= 0.3 is 0 Å². The van der Waals surface area contributed by atoms with Gasteiger partial charge in [-0.05, 0) is 41.0 Å². The van der Waals surface area contributed by atoms with E-state index in [1.807, 2.05) is 37.6 Å². The van der Waals surface area contributed by atoms with E-state index in [1.54, 1.807) is 0 Å². The van der Waals surface area contributed by atoms with Crippen molar-refractivity contribution < 1.29 is 4.58 Å². The molecule has 0 fully saturated rings.